The van der Waals surface area contributed by atoms with Crippen LogP contribution in [0.5, 0.6) is 0 Å². The largest absolute Gasteiger partial charge is 0.341 e. The van der Waals surface area contributed by atoms with Gasteiger partial charge in [-0.25, -0.2) is 4.98 Å². The number of aromatic nitrogens is 2. The van der Waals surface area contributed by atoms with E-state index in [2.05, 4.69) is 23.4 Å². The van der Waals surface area contributed by atoms with E-state index in [1.54, 1.807) is 0 Å². The molecule has 1 fully saturated rings. The smallest absolute Gasteiger partial charge is 0.225 e. The van der Waals surface area contributed by atoms with E-state index < -0.39 is 0 Å². The number of amides is 1. The van der Waals surface area contributed by atoms with Crippen LogP contribution in [-0.2, 0) is 11.3 Å². The van der Waals surface area contributed by atoms with Crippen LogP contribution in [0.3, 0.4) is 0 Å². The minimum absolute atomic E-state index is 0.100. The van der Waals surface area contributed by atoms with Crippen LogP contribution in [0.4, 0.5) is 0 Å². The van der Waals surface area contributed by atoms with Gasteiger partial charge in [-0.3, -0.25) is 4.79 Å². The molecular formula is C14H23N3O. The lowest BCUT2D eigenvalue weighted by Gasteiger charge is -2.40. The molecule has 0 N–H and O–H groups in total. The molecule has 0 aliphatic carbocycles. The summed E-state index contributed by atoms with van der Waals surface area (Å²) in [5, 5.41) is 0. The molecule has 0 saturated carbocycles. The third kappa shape index (κ3) is 2.28. The van der Waals surface area contributed by atoms with Crippen molar-refractivity contribution in [3.63, 3.8) is 0 Å². The molecule has 1 amide bonds. The lowest BCUT2D eigenvalue weighted by molar-refractivity contribution is -0.139. The maximum Gasteiger partial charge on any atom is 0.225 e. The van der Waals surface area contributed by atoms with Gasteiger partial charge in [-0.05, 0) is 13.3 Å². The summed E-state index contributed by atoms with van der Waals surface area (Å²) < 4.78 is 2.29. The minimum atomic E-state index is 0.100. The van der Waals surface area contributed by atoms with Gasteiger partial charge >= 0.3 is 0 Å². The first-order valence-corrected chi connectivity index (χ1v) is 6.85. The van der Waals surface area contributed by atoms with Gasteiger partial charge in [-0.15, -0.1) is 0 Å². The minimum Gasteiger partial charge on any atom is -0.341 e. The molecule has 2 rings (SSSR count). The summed E-state index contributed by atoms with van der Waals surface area (Å²) in [4.78, 5) is 18.3. The van der Waals surface area contributed by atoms with E-state index in [0.717, 1.165) is 31.9 Å². The number of carbonyl (C=O) groups excluding carboxylic acids is 1. The van der Waals surface area contributed by atoms with Gasteiger partial charge in [0.25, 0.3) is 0 Å². The molecule has 1 aromatic heterocycles. The van der Waals surface area contributed by atoms with Crippen LogP contribution in [0.25, 0.3) is 0 Å². The molecule has 0 spiro atoms. The summed E-state index contributed by atoms with van der Waals surface area (Å²) in [5.41, 5.74) is 1.22. The van der Waals surface area contributed by atoms with E-state index in [1.807, 2.05) is 24.9 Å². The zero-order chi connectivity index (χ0) is 13.3. The van der Waals surface area contributed by atoms with Crippen molar-refractivity contribution in [2.24, 2.45) is 5.92 Å². The molecule has 0 unspecified atom stereocenters. The molecule has 1 saturated heterocycles. The normalized spacial score (nSPS) is 16.2. The van der Waals surface area contributed by atoms with Crippen molar-refractivity contribution in [2.45, 2.75) is 46.6 Å². The third-order valence-electron chi connectivity index (χ3n) is 3.59. The van der Waals surface area contributed by atoms with Crippen molar-refractivity contribution in [1.82, 2.24) is 14.5 Å². The molecule has 0 bridgehead atoms. The van der Waals surface area contributed by atoms with E-state index in [0.29, 0.717) is 5.92 Å². The lowest BCUT2D eigenvalue weighted by atomic mass is 9.97. The SMILES string of the molecule is CCCn1c(C)cnc1C1CN(C(=O)C(C)C)C1. The second-order valence-electron chi connectivity index (χ2n) is 5.50. The quantitative estimate of drug-likeness (QED) is 0.820. The molecule has 1 aromatic rings. The second kappa shape index (κ2) is 5.12. The number of imidazole rings is 1. The molecule has 1 aliphatic heterocycles. The molecule has 1 aliphatic rings. The highest BCUT2D eigenvalue weighted by atomic mass is 16.2. The predicted octanol–water partition coefficient (Wildman–Crippen LogP) is 2.18. The molecule has 0 atom stereocenters. The Balaban J connectivity index is 2.02. The summed E-state index contributed by atoms with van der Waals surface area (Å²) in [5.74, 6) is 1.94. The Morgan fingerprint density at radius 2 is 2.17 bits per heavy atom. The Morgan fingerprint density at radius 1 is 1.50 bits per heavy atom. The predicted molar refractivity (Wildman–Crippen MR) is 71.4 cm³/mol. The topological polar surface area (TPSA) is 38.1 Å². The number of hydrogen-bond acceptors (Lipinski definition) is 2. The Morgan fingerprint density at radius 3 is 2.72 bits per heavy atom. The molecule has 4 nitrogen and oxygen atoms in total. The molecule has 0 aromatic carbocycles. The number of nitrogens with zero attached hydrogens (tertiary/aromatic N) is 3. The van der Waals surface area contributed by atoms with Crippen LogP contribution in [0, 0.1) is 12.8 Å². The van der Waals surface area contributed by atoms with Gasteiger partial charge in [0.2, 0.25) is 5.91 Å². The van der Waals surface area contributed by atoms with Crippen LogP contribution in [0.2, 0.25) is 0 Å². The van der Waals surface area contributed by atoms with Crippen molar-refractivity contribution in [3.8, 4) is 0 Å². The molecule has 0 radical (unpaired) electrons. The first-order chi connectivity index (χ1) is 8.54. The van der Waals surface area contributed by atoms with Gasteiger partial charge in [0.15, 0.2) is 0 Å². The number of rotatable bonds is 4. The highest BCUT2D eigenvalue weighted by Gasteiger charge is 2.35. The van der Waals surface area contributed by atoms with Gasteiger partial charge in [-0.2, -0.15) is 0 Å². The number of likely N-dealkylation sites (tertiary alicyclic amines) is 1. The second-order valence-corrected chi connectivity index (χ2v) is 5.50. The van der Waals surface area contributed by atoms with Crippen LogP contribution < -0.4 is 0 Å². The van der Waals surface area contributed by atoms with Crippen molar-refractivity contribution in [2.75, 3.05) is 13.1 Å². The fourth-order valence-electron chi connectivity index (χ4n) is 2.51. The van der Waals surface area contributed by atoms with Crippen molar-refractivity contribution < 1.29 is 4.79 Å². The van der Waals surface area contributed by atoms with E-state index in [9.17, 15) is 4.79 Å². The Kier molecular flexibility index (Phi) is 3.73. The summed E-state index contributed by atoms with van der Waals surface area (Å²) in [6.45, 7) is 10.9. The molecule has 2 heterocycles. The van der Waals surface area contributed by atoms with E-state index in [4.69, 9.17) is 0 Å². The molecule has 100 valence electrons. The highest BCUT2D eigenvalue weighted by Crippen LogP contribution is 2.28. The van der Waals surface area contributed by atoms with Gasteiger partial charge in [0.05, 0.1) is 5.92 Å². The van der Waals surface area contributed by atoms with Crippen molar-refractivity contribution in [1.29, 1.82) is 0 Å². The summed E-state index contributed by atoms with van der Waals surface area (Å²) in [6.07, 6.45) is 3.06. The average Bonchev–Trinajstić information content (AvgIpc) is 2.60. The van der Waals surface area contributed by atoms with Gasteiger partial charge < -0.3 is 9.47 Å². The zero-order valence-corrected chi connectivity index (χ0v) is 11.8. The summed E-state index contributed by atoms with van der Waals surface area (Å²) in [6, 6.07) is 0. The van der Waals surface area contributed by atoms with Crippen LogP contribution in [-0.4, -0.2) is 33.4 Å². The summed E-state index contributed by atoms with van der Waals surface area (Å²) in [7, 11) is 0. The number of hydrogen-bond donors (Lipinski definition) is 0. The van der Waals surface area contributed by atoms with Gasteiger partial charge in [0.1, 0.15) is 5.82 Å². The van der Waals surface area contributed by atoms with Crippen molar-refractivity contribution in [3.05, 3.63) is 17.7 Å². The Hall–Kier alpha value is -1.32. The standard InChI is InChI=1S/C14H23N3O/c1-5-6-17-11(4)7-15-13(17)12-8-16(9-12)14(18)10(2)3/h7,10,12H,5-6,8-9H2,1-4H3. The molecule has 4 heteroatoms. The Labute approximate surface area is 109 Å². The van der Waals surface area contributed by atoms with Crippen LogP contribution >= 0.6 is 0 Å². The van der Waals surface area contributed by atoms with E-state index in [1.165, 1.54) is 5.69 Å². The molecule has 18 heavy (non-hydrogen) atoms. The van der Waals surface area contributed by atoms with Crippen molar-refractivity contribution >= 4 is 5.91 Å². The number of carbonyl (C=O) groups is 1. The van der Waals surface area contributed by atoms with Crippen LogP contribution in [0.1, 0.15) is 44.6 Å². The Bertz CT molecular complexity index is 430. The van der Waals surface area contributed by atoms with Gasteiger partial charge in [0, 0.05) is 37.4 Å². The maximum atomic E-state index is 11.8. The highest BCUT2D eigenvalue weighted by molar-refractivity contribution is 5.79. The molecular weight excluding hydrogens is 226 g/mol. The fraction of sp³-hybridized carbons (Fsp3) is 0.714. The summed E-state index contributed by atoms with van der Waals surface area (Å²) >= 11 is 0. The third-order valence-corrected chi connectivity index (χ3v) is 3.59. The van der Waals surface area contributed by atoms with E-state index >= 15 is 0 Å². The lowest BCUT2D eigenvalue weighted by Crippen LogP contribution is -2.50. The average molecular weight is 249 g/mol. The fourth-order valence-corrected chi connectivity index (χ4v) is 2.51. The van der Waals surface area contributed by atoms with E-state index in [-0.39, 0.29) is 11.8 Å². The first kappa shape index (κ1) is 13.1. The van der Waals surface area contributed by atoms with Gasteiger partial charge in [-0.1, -0.05) is 20.8 Å². The maximum absolute atomic E-state index is 11.8. The van der Waals surface area contributed by atoms with Crippen LogP contribution in [0.15, 0.2) is 6.20 Å². The monoisotopic (exact) mass is 249 g/mol. The first-order valence-electron chi connectivity index (χ1n) is 6.85. The number of aryl methyl sites for hydroxylation is 1. The zero-order valence-electron chi connectivity index (χ0n) is 11.8.